The Balaban J connectivity index is 1.66. The van der Waals surface area contributed by atoms with Gasteiger partial charge in [-0.25, -0.2) is 4.79 Å². The highest BCUT2D eigenvalue weighted by Crippen LogP contribution is 2.50. The molecular formula is C29H46N6O6. The van der Waals surface area contributed by atoms with Gasteiger partial charge in [-0.2, -0.15) is 0 Å². The zero-order chi connectivity index (χ0) is 30.5. The number of hydrogen-bond acceptors (Lipinski definition) is 6. The number of carbonyl (C=O) groups excluding carboxylic acids is 6. The Morgan fingerprint density at radius 1 is 1.07 bits per heavy atom. The molecule has 12 heteroatoms. The van der Waals surface area contributed by atoms with Crippen LogP contribution in [0.5, 0.6) is 0 Å². The lowest BCUT2D eigenvalue weighted by Gasteiger charge is -2.36. The van der Waals surface area contributed by atoms with Crippen molar-refractivity contribution in [3.63, 3.8) is 0 Å². The maximum absolute atomic E-state index is 13.8. The molecule has 5 atom stereocenters. The fourth-order valence-electron chi connectivity index (χ4n) is 5.33. The first-order valence-corrected chi connectivity index (χ1v) is 14.6. The van der Waals surface area contributed by atoms with Crippen LogP contribution in [0.1, 0.15) is 59.8 Å². The number of Topliss-reactive ketones (excluding diaryl/α,β-unsaturated/α-hetero) is 1. The first-order valence-electron chi connectivity index (χ1n) is 14.6. The lowest BCUT2D eigenvalue weighted by atomic mass is 9.85. The van der Waals surface area contributed by atoms with E-state index >= 15 is 0 Å². The Kier molecular flexibility index (Phi) is 10.5. The van der Waals surface area contributed by atoms with Gasteiger partial charge in [0, 0.05) is 26.7 Å². The second kappa shape index (κ2) is 13.5. The molecule has 0 radical (unpaired) electrons. The summed E-state index contributed by atoms with van der Waals surface area (Å²) >= 11 is 0. The van der Waals surface area contributed by atoms with E-state index in [1.54, 1.807) is 11.9 Å². The summed E-state index contributed by atoms with van der Waals surface area (Å²) < 4.78 is 0. The van der Waals surface area contributed by atoms with Crippen LogP contribution in [0.4, 0.5) is 4.79 Å². The molecule has 1 aliphatic heterocycles. The number of likely N-dealkylation sites (tertiary alicyclic amines) is 1. The Morgan fingerprint density at radius 2 is 1.76 bits per heavy atom. The standard InChI is InChI=1S/C29H46N6O6/c1-7-9-20(23(37)26(39)30-12-8-2)32-25(38)22-19-13-18(19)16-35(22)27(40)24(29(3,4)5)33-28(41)31-14-21(36)34(6)15-17-10-11-17/h8,17-20,22,24H,2,7,9-16H2,1,3-6H3,(H,30,39)(H,32,38)(H2,31,33,41)/t18-,19?,20?,22-,24?/m0/s1. The molecule has 3 fully saturated rings. The third-order valence-corrected chi connectivity index (χ3v) is 7.99. The van der Waals surface area contributed by atoms with E-state index in [4.69, 9.17) is 0 Å². The molecule has 1 saturated heterocycles. The first-order chi connectivity index (χ1) is 19.3. The summed E-state index contributed by atoms with van der Waals surface area (Å²) in [6, 6.07) is -3.42. The number of carbonyl (C=O) groups is 6. The molecule has 12 nitrogen and oxygen atoms in total. The van der Waals surface area contributed by atoms with Gasteiger partial charge in [0.2, 0.25) is 23.5 Å². The largest absolute Gasteiger partial charge is 0.346 e. The monoisotopic (exact) mass is 574 g/mol. The Morgan fingerprint density at radius 3 is 2.34 bits per heavy atom. The number of rotatable bonds is 14. The molecule has 3 unspecified atom stereocenters. The number of likely N-dealkylation sites (N-methyl/N-ethyl adjacent to an activating group) is 1. The van der Waals surface area contributed by atoms with Crippen LogP contribution < -0.4 is 21.3 Å². The predicted octanol–water partition coefficient (Wildman–Crippen LogP) is 0.572. The van der Waals surface area contributed by atoms with Crippen molar-refractivity contribution in [2.24, 2.45) is 23.2 Å². The van der Waals surface area contributed by atoms with E-state index in [1.165, 1.54) is 11.0 Å². The summed E-state index contributed by atoms with van der Waals surface area (Å²) in [5, 5.41) is 10.5. The van der Waals surface area contributed by atoms with E-state index < -0.39 is 53.1 Å². The zero-order valence-electron chi connectivity index (χ0n) is 25.0. The molecule has 6 amide bonds. The summed E-state index contributed by atoms with van der Waals surface area (Å²) in [6.07, 6.45) is 5.31. The maximum atomic E-state index is 13.8. The van der Waals surface area contributed by atoms with Gasteiger partial charge in [-0.15, -0.1) is 6.58 Å². The number of fused-ring (bicyclic) bond motifs is 1. The Labute approximate surface area is 242 Å². The van der Waals surface area contributed by atoms with Gasteiger partial charge in [0.05, 0.1) is 12.6 Å². The zero-order valence-corrected chi connectivity index (χ0v) is 25.0. The molecule has 41 heavy (non-hydrogen) atoms. The highest BCUT2D eigenvalue weighted by atomic mass is 16.2. The molecule has 3 aliphatic rings. The van der Waals surface area contributed by atoms with Crippen molar-refractivity contribution in [3.05, 3.63) is 12.7 Å². The average Bonchev–Trinajstić information content (AvgIpc) is 3.85. The van der Waals surface area contributed by atoms with E-state index in [0.717, 1.165) is 19.3 Å². The summed E-state index contributed by atoms with van der Waals surface area (Å²) in [5.41, 5.74) is -0.695. The molecule has 2 aliphatic carbocycles. The van der Waals surface area contributed by atoms with Crippen LogP contribution in [-0.2, 0) is 24.0 Å². The molecular weight excluding hydrogens is 528 g/mol. The number of piperidine rings is 1. The minimum Gasteiger partial charge on any atom is -0.346 e. The fraction of sp³-hybridized carbons (Fsp3) is 0.724. The van der Waals surface area contributed by atoms with Crippen LogP contribution >= 0.6 is 0 Å². The van der Waals surface area contributed by atoms with Gasteiger partial charge in [0.15, 0.2) is 0 Å². The SMILES string of the molecule is C=CCNC(=O)C(=O)C(CCC)NC(=O)[C@@H]1C2C[C@H]2CN1C(=O)C(NC(=O)NCC(=O)N(C)CC1CC1)C(C)(C)C. The van der Waals surface area contributed by atoms with Crippen molar-refractivity contribution in [2.45, 2.75) is 77.9 Å². The number of nitrogens with zero attached hydrogens (tertiary/aromatic N) is 2. The van der Waals surface area contributed by atoms with Gasteiger partial charge in [0.25, 0.3) is 5.91 Å². The van der Waals surface area contributed by atoms with Gasteiger partial charge >= 0.3 is 6.03 Å². The number of urea groups is 1. The maximum Gasteiger partial charge on any atom is 0.315 e. The van der Waals surface area contributed by atoms with Gasteiger partial charge in [-0.3, -0.25) is 24.0 Å². The highest BCUT2D eigenvalue weighted by molar-refractivity contribution is 6.38. The van der Waals surface area contributed by atoms with E-state index in [9.17, 15) is 28.8 Å². The van der Waals surface area contributed by atoms with Gasteiger partial charge in [-0.05, 0) is 48.9 Å². The second-order valence-corrected chi connectivity index (χ2v) is 12.7. The number of hydrogen-bond donors (Lipinski definition) is 4. The molecule has 0 aromatic carbocycles. The topological polar surface area (TPSA) is 157 Å². The summed E-state index contributed by atoms with van der Waals surface area (Å²) in [6.45, 7) is 11.8. The normalized spacial score (nSPS) is 22.5. The third kappa shape index (κ3) is 8.53. The minimum absolute atomic E-state index is 0.0417. The van der Waals surface area contributed by atoms with Gasteiger partial charge < -0.3 is 31.1 Å². The third-order valence-electron chi connectivity index (χ3n) is 7.99. The van der Waals surface area contributed by atoms with Crippen molar-refractivity contribution in [2.75, 3.05) is 33.2 Å². The average molecular weight is 575 g/mol. The summed E-state index contributed by atoms with van der Waals surface area (Å²) in [4.78, 5) is 80.6. The van der Waals surface area contributed by atoms with Crippen molar-refractivity contribution in [1.82, 2.24) is 31.1 Å². The van der Waals surface area contributed by atoms with Crippen LogP contribution in [0.3, 0.4) is 0 Å². The minimum atomic E-state index is -1.01. The molecule has 0 spiro atoms. The molecule has 0 bridgehead atoms. The molecule has 4 N–H and O–H groups in total. The van der Waals surface area contributed by atoms with E-state index in [-0.39, 0.29) is 37.3 Å². The van der Waals surface area contributed by atoms with Crippen molar-refractivity contribution >= 4 is 35.4 Å². The predicted molar refractivity (Wildman–Crippen MR) is 152 cm³/mol. The van der Waals surface area contributed by atoms with Crippen LogP contribution in [0.25, 0.3) is 0 Å². The lowest BCUT2D eigenvalue weighted by Crippen LogP contribution is -2.61. The number of amides is 6. The number of ketones is 1. The van der Waals surface area contributed by atoms with Crippen LogP contribution in [-0.4, -0.2) is 96.6 Å². The highest BCUT2D eigenvalue weighted by Gasteiger charge is 2.58. The van der Waals surface area contributed by atoms with E-state index in [2.05, 4.69) is 27.8 Å². The molecule has 2 saturated carbocycles. The first kappa shape index (κ1) is 32.1. The van der Waals surface area contributed by atoms with Crippen molar-refractivity contribution in [1.29, 1.82) is 0 Å². The van der Waals surface area contributed by atoms with Crippen LogP contribution in [0, 0.1) is 23.2 Å². The molecule has 0 aromatic heterocycles. The molecule has 3 rings (SSSR count). The smallest absolute Gasteiger partial charge is 0.315 e. The Bertz CT molecular complexity index is 1050. The van der Waals surface area contributed by atoms with E-state index in [1.807, 2.05) is 27.7 Å². The lowest BCUT2D eigenvalue weighted by molar-refractivity contribution is -0.144. The van der Waals surface area contributed by atoms with Crippen molar-refractivity contribution < 1.29 is 28.8 Å². The summed E-state index contributed by atoms with van der Waals surface area (Å²) in [5.74, 6) is -1.98. The number of nitrogens with one attached hydrogen (secondary N) is 4. The molecule has 0 aromatic rings. The molecule has 1 heterocycles. The van der Waals surface area contributed by atoms with Crippen molar-refractivity contribution in [3.8, 4) is 0 Å². The van der Waals surface area contributed by atoms with Gasteiger partial charge in [0.1, 0.15) is 12.1 Å². The van der Waals surface area contributed by atoms with Crippen LogP contribution in [0.15, 0.2) is 12.7 Å². The quantitative estimate of drug-likeness (QED) is 0.176. The fourth-order valence-corrected chi connectivity index (χ4v) is 5.33. The van der Waals surface area contributed by atoms with E-state index in [0.29, 0.717) is 25.4 Å². The Hall–Kier alpha value is -3.44. The second-order valence-electron chi connectivity index (χ2n) is 12.7. The summed E-state index contributed by atoms with van der Waals surface area (Å²) in [7, 11) is 1.71. The molecule has 228 valence electrons. The van der Waals surface area contributed by atoms with Crippen LogP contribution in [0.2, 0.25) is 0 Å². The van der Waals surface area contributed by atoms with Gasteiger partial charge in [-0.1, -0.05) is 40.2 Å².